The van der Waals surface area contributed by atoms with E-state index in [-0.39, 0.29) is 6.61 Å². The molecule has 0 saturated carbocycles. The Balaban J connectivity index is 1.70. The molecule has 1 aromatic carbocycles. The molecule has 4 nitrogen and oxygen atoms in total. The maximum Gasteiger partial charge on any atom is 0.222 e. The summed E-state index contributed by atoms with van der Waals surface area (Å²) in [5.74, 6) is 0.302. The molecule has 1 aromatic rings. The summed E-state index contributed by atoms with van der Waals surface area (Å²) in [6.07, 6.45) is 6.08. The molecule has 1 aliphatic carbocycles. The summed E-state index contributed by atoms with van der Waals surface area (Å²) >= 11 is 0. The van der Waals surface area contributed by atoms with E-state index >= 15 is 0 Å². The number of hydrogen-bond acceptors (Lipinski definition) is 3. The first-order valence-electron chi connectivity index (χ1n) is 9.00. The third kappa shape index (κ3) is 3.93. The van der Waals surface area contributed by atoms with Crippen LogP contribution in [-0.4, -0.2) is 53.6 Å². The summed E-state index contributed by atoms with van der Waals surface area (Å²) in [5, 5.41) is 9.24. The van der Waals surface area contributed by atoms with Crippen LogP contribution in [-0.2, 0) is 11.2 Å². The lowest BCUT2D eigenvalue weighted by molar-refractivity contribution is -0.127. The molecule has 1 atom stereocenters. The van der Waals surface area contributed by atoms with E-state index in [4.69, 9.17) is 0 Å². The topological polar surface area (TPSA) is 43.8 Å². The molecule has 1 saturated heterocycles. The third-order valence-electron chi connectivity index (χ3n) is 5.21. The lowest BCUT2D eigenvalue weighted by Gasteiger charge is -2.36. The van der Waals surface area contributed by atoms with Crippen LogP contribution < -0.4 is 0 Å². The van der Waals surface area contributed by atoms with Crippen molar-refractivity contribution in [1.29, 1.82) is 0 Å². The van der Waals surface area contributed by atoms with Gasteiger partial charge in [-0.1, -0.05) is 24.3 Å². The van der Waals surface area contributed by atoms with Gasteiger partial charge in [0.2, 0.25) is 5.91 Å². The van der Waals surface area contributed by atoms with Crippen molar-refractivity contribution in [2.45, 2.75) is 44.6 Å². The number of aryl methyl sites for hydroxylation is 1. The molecule has 1 aliphatic heterocycles. The molecular formula is C19H28N2O2. The van der Waals surface area contributed by atoms with Gasteiger partial charge in [0.1, 0.15) is 0 Å². The van der Waals surface area contributed by atoms with Crippen LogP contribution in [0.2, 0.25) is 0 Å². The van der Waals surface area contributed by atoms with Crippen LogP contribution in [0.1, 0.15) is 49.3 Å². The fourth-order valence-electron chi connectivity index (χ4n) is 3.99. The number of carbonyl (C=O) groups excluding carboxylic acids is 1. The van der Waals surface area contributed by atoms with Gasteiger partial charge >= 0.3 is 0 Å². The average Bonchev–Trinajstić information content (AvgIpc) is 3.00. The quantitative estimate of drug-likeness (QED) is 0.840. The summed E-state index contributed by atoms with van der Waals surface area (Å²) in [7, 11) is 0. The van der Waals surface area contributed by atoms with Crippen LogP contribution in [0.5, 0.6) is 0 Å². The van der Waals surface area contributed by atoms with Gasteiger partial charge in [-0.15, -0.1) is 0 Å². The predicted molar refractivity (Wildman–Crippen MR) is 91.2 cm³/mol. The van der Waals surface area contributed by atoms with Gasteiger partial charge in [0, 0.05) is 45.2 Å². The van der Waals surface area contributed by atoms with Crippen molar-refractivity contribution in [3.05, 3.63) is 35.4 Å². The van der Waals surface area contributed by atoms with Gasteiger partial charge in [-0.3, -0.25) is 9.69 Å². The van der Waals surface area contributed by atoms with Crippen molar-refractivity contribution >= 4 is 5.91 Å². The minimum atomic E-state index is 0.230. The molecule has 1 fully saturated rings. The SMILES string of the molecule is O=C1CCCN1CCN(CCCO)C1CCCc2ccccc21. The Labute approximate surface area is 139 Å². The second-order valence-electron chi connectivity index (χ2n) is 6.70. The Morgan fingerprint density at radius 1 is 1.17 bits per heavy atom. The number of hydrogen-bond donors (Lipinski definition) is 1. The smallest absolute Gasteiger partial charge is 0.222 e. The van der Waals surface area contributed by atoms with E-state index in [0.29, 0.717) is 18.4 Å². The van der Waals surface area contributed by atoms with E-state index in [1.807, 2.05) is 4.90 Å². The highest BCUT2D eigenvalue weighted by Gasteiger charge is 2.27. The van der Waals surface area contributed by atoms with Crippen molar-refractivity contribution in [3.63, 3.8) is 0 Å². The molecule has 1 amide bonds. The number of amides is 1. The summed E-state index contributed by atoms with van der Waals surface area (Å²) in [6, 6.07) is 9.19. The van der Waals surface area contributed by atoms with E-state index in [1.165, 1.54) is 30.4 Å². The number of aliphatic hydroxyl groups is 1. The molecule has 0 aromatic heterocycles. The highest BCUT2D eigenvalue weighted by atomic mass is 16.3. The minimum Gasteiger partial charge on any atom is -0.396 e. The summed E-state index contributed by atoms with van der Waals surface area (Å²) in [4.78, 5) is 16.3. The molecule has 0 spiro atoms. The standard InChI is InChI=1S/C19H28N2O2/c22-15-5-12-20(13-14-21-11-4-10-19(21)23)18-9-3-7-16-6-1-2-8-17(16)18/h1-2,6,8,18,22H,3-5,7,9-15H2. The van der Waals surface area contributed by atoms with Crippen LogP contribution in [0, 0.1) is 0 Å². The van der Waals surface area contributed by atoms with Crippen molar-refractivity contribution in [1.82, 2.24) is 9.80 Å². The van der Waals surface area contributed by atoms with Crippen molar-refractivity contribution in [2.24, 2.45) is 0 Å². The van der Waals surface area contributed by atoms with Crippen molar-refractivity contribution < 1.29 is 9.90 Å². The molecule has 0 radical (unpaired) electrons. The van der Waals surface area contributed by atoms with Gasteiger partial charge in [-0.25, -0.2) is 0 Å². The van der Waals surface area contributed by atoms with Gasteiger partial charge in [-0.2, -0.15) is 0 Å². The first kappa shape index (κ1) is 16.5. The molecule has 3 rings (SSSR count). The second-order valence-corrected chi connectivity index (χ2v) is 6.70. The Morgan fingerprint density at radius 3 is 2.83 bits per heavy atom. The highest BCUT2D eigenvalue weighted by Crippen LogP contribution is 2.34. The lowest BCUT2D eigenvalue weighted by atomic mass is 9.86. The molecule has 126 valence electrons. The van der Waals surface area contributed by atoms with E-state index in [2.05, 4.69) is 29.2 Å². The molecular weight excluding hydrogens is 288 g/mol. The molecule has 23 heavy (non-hydrogen) atoms. The molecule has 1 unspecified atom stereocenters. The first-order valence-corrected chi connectivity index (χ1v) is 9.00. The highest BCUT2D eigenvalue weighted by molar-refractivity contribution is 5.78. The average molecular weight is 316 g/mol. The van der Waals surface area contributed by atoms with Crippen LogP contribution in [0.25, 0.3) is 0 Å². The largest absolute Gasteiger partial charge is 0.396 e. The Hall–Kier alpha value is -1.39. The summed E-state index contributed by atoms with van der Waals surface area (Å²) in [5.41, 5.74) is 2.92. The van der Waals surface area contributed by atoms with Gasteiger partial charge < -0.3 is 10.0 Å². The number of benzene rings is 1. The van der Waals surface area contributed by atoms with Crippen LogP contribution in [0.15, 0.2) is 24.3 Å². The number of fused-ring (bicyclic) bond motifs is 1. The normalized spacial score (nSPS) is 21.0. The minimum absolute atomic E-state index is 0.230. The number of aliphatic hydroxyl groups excluding tert-OH is 1. The second kappa shape index (κ2) is 7.93. The fourth-order valence-corrected chi connectivity index (χ4v) is 3.99. The zero-order valence-electron chi connectivity index (χ0n) is 13.9. The van der Waals surface area contributed by atoms with Gasteiger partial charge in [-0.05, 0) is 43.2 Å². The maximum atomic E-state index is 11.8. The third-order valence-corrected chi connectivity index (χ3v) is 5.21. The number of nitrogens with zero attached hydrogens (tertiary/aromatic N) is 2. The molecule has 1 N–H and O–H groups in total. The molecule has 0 bridgehead atoms. The number of rotatable bonds is 7. The monoisotopic (exact) mass is 316 g/mol. The fraction of sp³-hybridized carbons (Fsp3) is 0.632. The van der Waals surface area contributed by atoms with Crippen molar-refractivity contribution in [2.75, 3.05) is 32.8 Å². The van der Waals surface area contributed by atoms with Gasteiger partial charge in [0.25, 0.3) is 0 Å². The Bertz CT molecular complexity index is 532. The first-order chi connectivity index (χ1) is 11.3. The van der Waals surface area contributed by atoms with Crippen LogP contribution in [0.4, 0.5) is 0 Å². The van der Waals surface area contributed by atoms with E-state index in [9.17, 15) is 9.90 Å². The van der Waals surface area contributed by atoms with Gasteiger partial charge in [0.15, 0.2) is 0 Å². The van der Waals surface area contributed by atoms with Crippen molar-refractivity contribution in [3.8, 4) is 0 Å². The number of likely N-dealkylation sites (tertiary alicyclic amines) is 1. The van der Waals surface area contributed by atoms with Crippen LogP contribution in [0.3, 0.4) is 0 Å². The zero-order chi connectivity index (χ0) is 16.1. The summed E-state index contributed by atoms with van der Waals surface area (Å²) in [6.45, 7) is 3.77. The Morgan fingerprint density at radius 2 is 2.04 bits per heavy atom. The zero-order valence-corrected chi connectivity index (χ0v) is 13.9. The van der Waals surface area contributed by atoms with E-state index < -0.39 is 0 Å². The van der Waals surface area contributed by atoms with E-state index in [0.717, 1.165) is 39.0 Å². The van der Waals surface area contributed by atoms with Crippen LogP contribution >= 0.6 is 0 Å². The Kier molecular flexibility index (Phi) is 5.68. The van der Waals surface area contributed by atoms with E-state index in [1.54, 1.807) is 0 Å². The molecule has 4 heteroatoms. The van der Waals surface area contributed by atoms with Gasteiger partial charge in [0.05, 0.1) is 0 Å². The maximum absolute atomic E-state index is 11.8. The molecule has 1 heterocycles. The number of carbonyl (C=O) groups is 1. The molecule has 2 aliphatic rings. The predicted octanol–water partition coefficient (Wildman–Crippen LogP) is 2.37. The summed E-state index contributed by atoms with van der Waals surface area (Å²) < 4.78 is 0. The lowest BCUT2D eigenvalue weighted by Crippen LogP contribution is -2.39.